The maximum atomic E-state index is 12.4. The molecule has 2 aromatic carbocycles. The van der Waals surface area contributed by atoms with E-state index in [9.17, 15) is 24.0 Å². The minimum Gasteiger partial charge on any atom is -0.464 e. The zero-order valence-electron chi connectivity index (χ0n) is 27.8. The lowest BCUT2D eigenvalue weighted by atomic mass is 10.1. The molecule has 0 radical (unpaired) electrons. The lowest BCUT2D eigenvalue weighted by Crippen LogP contribution is -2.30. The fourth-order valence-electron chi connectivity index (χ4n) is 4.37. The van der Waals surface area contributed by atoms with E-state index in [1.807, 2.05) is 74.3 Å². The molecule has 12 nitrogen and oxygen atoms in total. The summed E-state index contributed by atoms with van der Waals surface area (Å²) in [5.74, 6) is -1.85. The molecule has 0 amide bonds. The third-order valence-electron chi connectivity index (χ3n) is 6.94. The highest BCUT2D eigenvalue weighted by molar-refractivity contribution is 5.73. The molecule has 0 saturated carbocycles. The molecule has 0 aliphatic carbocycles. The standard InChI is InChI=1S/C35H47NO11/c1-26-9-13-28(14-10-26)19-34(40)44-23-30(21-42-4)46-32(38)7-5-17-36(3)18-6-8-33(39)47-31(22-43-25-37)24-45-35(41)20-29-15-11-27(2)12-16-29/h9-16,25,30-31H,5-8,17-24H2,1-4H3. The van der Waals surface area contributed by atoms with Gasteiger partial charge in [-0.2, -0.15) is 0 Å². The van der Waals surface area contributed by atoms with Crippen molar-refractivity contribution in [2.75, 3.05) is 53.7 Å². The lowest BCUT2D eigenvalue weighted by molar-refractivity contribution is -0.163. The minimum atomic E-state index is -0.919. The summed E-state index contributed by atoms with van der Waals surface area (Å²) in [6.45, 7) is 4.82. The Bertz CT molecular complexity index is 1250. The van der Waals surface area contributed by atoms with Crippen molar-refractivity contribution in [1.82, 2.24) is 4.90 Å². The van der Waals surface area contributed by atoms with Crippen molar-refractivity contribution in [3.63, 3.8) is 0 Å². The molecular formula is C35H47NO11. The second-order valence-corrected chi connectivity index (χ2v) is 11.3. The number of carbonyl (C=O) groups excluding carboxylic acids is 5. The molecular weight excluding hydrogens is 610 g/mol. The molecule has 0 saturated heterocycles. The highest BCUT2D eigenvalue weighted by Gasteiger charge is 2.19. The Labute approximate surface area is 276 Å². The van der Waals surface area contributed by atoms with Gasteiger partial charge in [0.25, 0.3) is 6.47 Å². The summed E-state index contributed by atoms with van der Waals surface area (Å²) in [7, 11) is 3.34. The predicted molar refractivity (Wildman–Crippen MR) is 171 cm³/mol. The molecule has 0 fully saturated rings. The predicted octanol–water partition coefficient (Wildman–Crippen LogP) is 3.31. The molecule has 0 aromatic heterocycles. The third kappa shape index (κ3) is 17.8. The van der Waals surface area contributed by atoms with Crippen LogP contribution in [0.2, 0.25) is 0 Å². The number of hydrogen-bond acceptors (Lipinski definition) is 12. The Morgan fingerprint density at radius 2 is 1.09 bits per heavy atom. The highest BCUT2D eigenvalue weighted by Crippen LogP contribution is 2.09. The number of carbonyl (C=O) groups is 5. The van der Waals surface area contributed by atoms with Gasteiger partial charge in [-0.3, -0.25) is 24.0 Å². The average Bonchev–Trinajstić information content (AvgIpc) is 3.03. The number of methoxy groups -OCH3 is 1. The third-order valence-corrected chi connectivity index (χ3v) is 6.94. The van der Waals surface area contributed by atoms with Crippen molar-refractivity contribution in [2.45, 2.75) is 64.6 Å². The minimum absolute atomic E-state index is 0.0671. The number of benzene rings is 2. The first-order valence-electron chi connectivity index (χ1n) is 15.6. The summed E-state index contributed by atoms with van der Waals surface area (Å²) in [6.07, 6.45) is -0.181. The van der Waals surface area contributed by atoms with Crippen molar-refractivity contribution in [3.8, 4) is 0 Å². The molecule has 0 aliphatic rings. The second kappa shape index (κ2) is 22.3. The topological polar surface area (TPSA) is 144 Å². The fourth-order valence-corrected chi connectivity index (χ4v) is 4.37. The monoisotopic (exact) mass is 657 g/mol. The zero-order chi connectivity index (χ0) is 34.4. The molecule has 12 heteroatoms. The highest BCUT2D eigenvalue weighted by atomic mass is 16.6. The number of nitrogens with zero attached hydrogens (tertiary/aromatic N) is 1. The van der Waals surface area contributed by atoms with Crippen LogP contribution in [0.25, 0.3) is 0 Å². The van der Waals surface area contributed by atoms with E-state index in [0.29, 0.717) is 25.9 Å². The Morgan fingerprint density at radius 1 is 0.660 bits per heavy atom. The molecule has 47 heavy (non-hydrogen) atoms. The van der Waals surface area contributed by atoms with E-state index >= 15 is 0 Å². The van der Waals surface area contributed by atoms with E-state index in [1.165, 1.54) is 7.11 Å². The molecule has 2 aromatic rings. The first-order valence-corrected chi connectivity index (χ1v) is 15.6. The van der Waals surface area contributed by atoms with Crippen LogP contribution in [0.3, 0.4) is 0 Å². The van der Waals surface area contributed by atoms with Crippen LogP contribution in [-0.2, 0) is 65.2 Å². The van der Waals surface area contributed by atoms with Crippen molar-refractivity contribution < 1.29 is 52.4 Å². The summed E-state index contributed by atoms with van der Waals surface area (Å²) in [6, 6.07) is 15.0. The van der Waals surface area contributed by atoms with Crippen LogP contribution in [0, 0.1) is 13.8 Å². The van der Waals surface area contributed by atoms with Gasteiger partial charge < -0.3 is 33.3 Å². The molecule has 2 rings (SSSR count). The van der Waals surface area contributed by atoms with Crippen LogP contribution in [0.5, 0.6) is 0 Å². The van der Waals surface area contributed by atoms with Gasteiger partial charge in [-0.05, 0) is 58.0 Å². The van der Waals surface area contributed by atoms with Gasteiger partial charge in [0, 0.05) is 20.0 Å². The van der Waals surface area contributed by atoms with E-state index in [1.54, 1.807) is 0 Å². The van der Waals surface area contributed by atoms with Gasteiger partial charge >= 0.3 is 23.9 Å². The lowest BCUT2D eigenvalue weighted by Gasteiger charge is -2.19. The Morgan fingerprint density at radius 3 is 1.49 bits per heavy atom. The maximum absolute atomic E-state index is 12.4. The number of aryl methyl sites for hydroxylation is 2. The Hall–Kier alpha value is -4.29. The summed E-state index contributed by atoms with van der Waals surface area (Å²) < 4.78 is 31.2. The summed E-state index contributed by atoms with van der Waals surface area (Å²) in [4.78, 5) is 61.8. The van der Waals surface area contributed by atoms with E-state index in [0.717, 1.165) is 22.3 Å². The quantitative estimate of drug-likeness (QED) is 0.0983. The average molecular weight is 658 g/mol. The van der Waals surface area contributed by atoms with Crippen LogP contribution in [0.15, 0.2) is 48.5 Å². The van der Waals surface area contributed by atoms with E-state index < -0.39 is 36.1 Å². The largest absolute Gasteiger partial charge is 0.464 e. The van der Waals surface area contributed by atoms with Gasteiger partial charge in [-0.25, -0.2) is 0 Å². The SMILES string of the molecule is COCC(COC(=O)Cc1ccc(C)cc1)OC(=O)CCCN(C)CCCC(=O)OC(COC=O)COC(=O)Cc1ccc(C)cc1. The van der Waals surface area contributed by atoms with Gasteiger partial charge in [0.15, 0.2) is 12.2 Å². The molecule has 0 aliphatic heterocycles. The van der Waals surface area contributed by atoms with Crippen molar-refractivity contribution in [3.05, 3.63) is 70.8 Å². The van der Waals surface area contributed by atoms with Crippen LogP contribution >= 0.6 is 0 Å². The Balaban J connectivity index is 1.63. The molecule has 2 unspecified atom stereocenters. The summed E-state index contributed by atoms with van der Waals surface area (Å²) in [5, 5.41) is 0. The molecule has 0 spiro atoms. The number of hydrogen-bond donors (Lipinski definition) is 0. The zero-order valence-corrected chi connectivity index (χ0v) is 27.8. The molecule has 0 bridgehead atoms. The van der Waals surface area contributed by atoms with Crippen molar-refractivity contribution in [2.24, 2.45) is 0 Å². The van der Waals surface area contributed by atoms with Crippen molar-refractivity contribution >= 4 is 30.3 Å². The Kier molecular flexibility index (Phi) is 18.4. The second-order valence-electron chi connectivity index (χ2n) is 11.3. The van der Waals surface area contributed by atoms with Crippen LogP contribution in [0.4, 0.5) is 0 Å². The molecule has 2 atom stereocenters. The first-order chi connectivity index (χ1) is 22.6. The molecule has 0 N–H and O–H groups in total. The van der Waals surface area contributed by atoms with Gasteiger partial charge in [-0.15, -0.1) is 0 Å². The number of rotatable bonds is 23. The smallest absolute Gasteiger partial charge is 0.310 e. The van der Waals surface area contributed by atoms with Crippen LogP contribution in [-0.4, -0.2) is 101 Å². The summed E-state index contributed by atoms with van der Waals surface area (Å²) >= 11 is 0. The first kappa shape index (κ1) is 38.9. The normalized spacial score (nSPS) is 12.1. The van der Waals surface area contributed by atoms with Crippen molar-refractivity contribution in [1.29, 1.82) is 0 Å². The van der Waals surface area contributed by atoms with E-state index in [-0.39, 0.29) is 58.6 Å². The van der Waals surface area contributed by atoms with Gasteiger partial charge in [-0.1, -0.05) is 59.7 Å². The van der Waals surface area contributed by atoms with Gasteiger partial charge in [0.1, 0.15) is 19.8 Å². The van der Waals surface area contributed by atoms with Gasteiger partial charge in [0.2, 0.25) is 0 Å². The summed E-state index contributed by atoms with van der Waals surface area (Å²) in [5.41, 5.74) is 3.80. The van der Waals surface area contributed by atoms with Crippen LogP contribution in [0.1, 0.15) is 47.9 Å². The van der Waals surface area contributed by atoms with E-state index in [4.69, 9.17) is 28.4 Å². The number of esters is 4. The maximum Gasteiger partial charge on any atom is 0.310 e. The van der Waals surface area contributed by atoms with Crippen LogP contribution < -0.4 is 0 Å². The van der Waals surface area contributed by atoms with E-state index in [2.05, 4.69) is 0 Å². The molecule has 0 heterocycles. The number of ether oxygens (including phenoxy) is 6. The fraction of sp³-hybridized carbons (Fsp3) is 0.514. The molecule has 258 valence electrons. The van der Waals surface area contributed by atoms with Gasteiger partial charge in [0.05, 0.1) is 19.4 Å².